The molecule has 0 saturated heterocycles. The summed E-state index contributed by atoms with van der Waals surface area (Å²) in [7, 11) is 0. The van der Waals surface area contributed by atoms with Crippen molar-refractivity contribution in [2.24, 2.45) is 10.5 Å². The number of carbonyl (C=O) groups excluding carboxylic acids is 1. The van der Waals surface area contributed by atoms with Crippen LogP contribution in [-0.4, -0.2) is 22.7 Å². The summed E-state index contributed by atoms with van der Waals surface area (Å²) < 4.78 is 0. The molecule has 0 saturated carbocycles. The quantitative estimate of drug-likeness (QED) is 0.654. The van der Waals surface area contributed by atoms with Gasteiger partial charge in [-0.1, -0.05) is 19.4 Å². The summed E-state index contributed by atoms with van der Waals surface area (Å²) in [5, 5.41) is 6.11. The molecule has 1 aliphatic carbocycles. The second-order valence-electron chi connectivity index (χ2n) is 6.35. The Kier molecular flexibility index (Phi) is 3.35. The molecule has 2 rings (SSSR count). The van der Waals surface area contributed by atoms with Crippen LogP contribution in [0.3, 0.4) is 0 Å². The van der Waals surface area contributed by atoms with Crippen LogP contribution in [0.25, 0.3) is 0 Å². The lowest BCUT2D eigenvalue weighted by Crippen LogP contribution is -2.39. The second-order valence-corrected chi connectivity index (χ2v) is 6.35. The van der Waals surface area contributed by atoms with Crippen LogP contribution in [-0.2, 0) is 4.79 Å². The van der Waals surface area contributed by atoms with E-state index >= 15 is 0 Å². The number of nitrogens with zero attached hydrogens (tertiary/aromatic N) is 2. The molecule has 0 radical (unpaired) electrons. The fourth-order valence-electron chi connectivity index (χ4n) is 3.55. The van der Waals surface area contributed by atoms with E-state index in [1.807, 2.05) is 6.92 Å². The van der Waals surface area contributed by atoms with Crippen molar-refractivity contribution < 1.29 is 4.79 Å². The van der Waals surface area contributed by atoms with Crippen molar-refractivity contribution in [2.75, 3.05) is 0 Å². The number of amides is 1. The van der Waals surface area contributed by atoms with E-state index in [-0.39, 0.29) is 17.4 Å². The van der Waals surface area contributed by atoms with Gasteiger partial charge in [0.25, 0.3) is 0 Å². The van der Waals surface area contributed by atoms with Crippen LogP contribution in [0.4, 0.5) is 0 Å². The predicted octanol–water partition coefficient (Wildman–Crippen LogP) is 3.51. The van der Waals surface area contributed by atoms with E-state index in [1.165, 1.54) is 30.4 Å². The fraction of sp³-hybridized carbons (Fsp3) is 0.733. The van der Waals surface area contributed by atoms with Gasteiger partial charge in [0.1, 0.15) is 0 Å². The summed E-state index contributed by atoms with van der Waals surface area (Å²) in [5.41, 5.74) is 4.18. The fourth-order valence-corrected chi connectivity index (χ4v) is 3.55. The zero-order valence-corrected chi connectivity index (χ0v) is 12.2. The third-order valence-corrected chi connectivity index (χ3v) is 4.26. The van der Waals surface area contributed by atoms with E-state index in [0.29, 0.717) is 0 Å². The number of hydrazone groups is 1. The Morgan fingerprint density at radius 2 is 2.06 bits per heavy atom. The first kappa shape index (κ1) is 13.3. The van der Waals surface area contributed by atoms with Crippen LogP contribution in [0, 0.1) is 5.41 Å². The van der Waals surface area contributed by atoms with Crippen molar-refractivity contribution in [3.8, 4) is 0 Å². The summed E-state index contributed by atoms with van der Waals surface area (Å²) in [4.78, 5) is 11.8. The topological polar surface area (TPSA) is 32.7 Å². The highest BCUT2D eigenvalue weighted by atomic mass is 16.2. The molecule has 18 heavy (non-hydrogen) atoms. The highest BCUT2D eigenvalue weighted by Gasteiger charge is 2.39. The average Bonchev–Trinajstić information content (AvgIpc) is 2.58. The van der Waals surface area contributed by atoms with Crippen LogP contribution in [0.2, 0.25) is 0 Å². The van der Waals surface area contributed by atoms with Crippen molar-refractivity contribution in [1.29, 1.82) is 0 Å². The zero-order valence-electron chi connectivity index (χ0n) is 12.2. The number of allylic oxidation sites excluding steroid dienone is 1. The zero-order chi connectivity index (χ0) is 13.5. The lowest BCUT2D eigenvalue weighted by Gasteiger charge is -2.39. The van der Waals surface area contributed by atoms with Crippen LogP contribution in [0.15, 0.2) is 16.2 Å². The minimum absolute atomic E-state index is 0.0542. The van der Waals surface area contributed by atoms with Crippen molar-refractivity contribution in [3.63, 3.8) is 0 Å². The van der Waals surface area contributed by atoms with Gasteiger partial charge in [-0.3, -0.25) is 4.79 Å². The molecular weight excluding hydrogens is 224 g/mol. The van der Waals surface area contributed by atoms with E-state index in [2.05, 4.69) is 25.9 Å². The van der Waals surface area contributed by atoms with Gasteiger partial charge in [0.15, 0.2) is 0 Å². The molecule has 0 N–H and O–H groups in total. The predicted molar refractivity (Wildman–Crippen MR) is 74.4 cm³/mol. The number of rotatable bonds is 1. The molecule has 0 bridgehead atoms. The van der Waals surface area contributed by atoms with Gasteiger partial charge in [0, 0.05) is 19.1 Å². The standard InChI is InChI=1S/C15H24N2O/c1-10-7-6-8-15(4,5)14(10)13-9-11(2)16-17(13)12(3)18/h13H,6-9H2,1-5H3/t13-/m0/s1. The summed E-state index contributed by atoms with van der Waals surface area (Å²) in [5.74, 6) is 0.0542. The number of hydrogen-bond acceptors (Lipinski definition) is 2. The largest absolute Gasteiger partial charge is 0.273 e. The lowest BCUT2D eigenvalue weighted by molar-refractivity contribution is -0.130. The van der Waals surface area contributed by atoms with Gasteiger partial charge in [0.2, 0.25) is 5.91 Å². The molecule has 3 nitrogen and oxygen atoms in total. The molecule has 1 aliphatic heterocycles. The summed E-state index contributed by atoms with van der Waals surface area (Å²) in [6.07, 6.45) is 4.53. The molecule has 1 amide bonds. The molecule has 100 valence electrons. The SMILES string of the molecule is CC(=O)N1N=C(C)C[C@H]1C1=C(C)CCCC1(C)C. The highest BCUT2D eigenvalue weighted by molar-refractivity contribution is 5.88. The summed E-state index contributed by atoms with van der Waals surface area (Å²) >= 11 is 0. The monoisotopic (exact) mass is 248 g/mol. The Morgan fingerprint density at radius 3 is 2.61 bits per heavy atom. The van der Waals surface area contributed by atoms with Crippen LogP contribution in [0.5, 0.6) is 0 Å². The van der Waals surface area contributed by atoms with Crippen LogP contribution < -0.4 is 0 Å². The Bertz CT molecular complexity index is 432. The molecule has 0 aromatic rings. The van der Waals surface area contributed by atoms with Crippen LogP contribution >= 0.6 is 0 Å². The first-order valence-electron chi connectivity index (χ1n) is 6.87. The van der Waals surface area contributed by atoms with Crippen molar-refractivity contribution in [3.05, 3.63) is 11.1 Å². The normalized spacial score (nSPS) is 27.5. The Hall–Kier alpha value is -1.12. The first-order valence-corrected chi connectivity index (χ1v) is 6.87. The highest BCUT2D eigenvalue weighted by Crippen LogP contribution is 2.44. The Morgan fingerprint density at radius 1 is 1.39 bits per heavy atom. The molecule has 1 atom stereocenters. The van der Waals surface area contributed by atoms with Gasteiger partial charge in [-0.05, 0) is 44.1 Å². The van der Waals surface area contributed by atoms with Gasteiger partial charge < -0.3 is 0 Å². The maximum absolute atomic E-state index is 11.8. The van der Waals surface area contributed by atoms with E-state index in [1.54, 1.807) is 11.9 Å². The van der Waals surface area contributed by atoms with Crippen molar-refractivity contribution in [1.82, 2.24) is 5.01 Å². The van der Waals surface area contributed by atoms with E-state index in [4.69, 9.17) is 0 Å². The maximum Gasteiger partial charge on any atom is 0.240 e. The third kappa shape index (κ3) is 2.23. The van der Waals surface area contributed by atoms with Crippen molar-refractivity contribution in [2.45, 2.75) is 66.3 Å². The molecule has 0 aromatic heterocycles. The second kappa shape index (κ2) is 4.52. The van der Waals surface area contributed by atoms with Gasteiger partial charge in [-0.15, -0.1) is 0 Å². The van der Waals surface area contributed by atoms with Gasteiger partial charge in [-0.25, -0.2) is 5.01 Å². The molecule has 0 fully saturated rings. The molecule has 0 spiro atoms. The molecule has 3 heteroatoms. The van der Waals surface area contributed by atoms with Crippen molar-refractivity contribution >= 4 is 11.6 Å². The molecule has 0 aromatic carbocycles. The van der Waals surface area contributed by atoms with Gasteiger partial charge in [-0.2, -0.15) is 5.10 Å². The smallest absolute Gasteiger partial charge is 0.240 e. The van der Waals surface area contributed by atoms with Crippen LogP contribution in [0.1, 0.15) is 60.3 Å². The minimum Gasteiger partial charge on any atom is -0.273 e. The molecule has 1 heterocycles. The van der Waals surface area contributed by atoms with E-state index in [9.17, 15) is 4.79 Å². The Balaban J connectivity index is 2.39. The number of hydrogen-bond donors (Lipinski definition) is 0. The summed E-state index contributed by atoms with van der Waals surface area (Å²) in [6.45, 7) is 10.5. The van der Waals surface area contributed by atoms with Gasteiger partial charge in [0.05, 0.1) is 6.04 Å². The molecule has 0 unspecified atom stereocenters. The molecular formula is C15H24N2O. The summed E-state index contributed by atoms with van der Waals surface area (Å²) in [6, 6.07) is 0.165. The first-order chi connectivity index (χ1) is 8.33. The Labute approximate surface area is 110 Å². The third-order valence-electron chi connectivity index (χ3n) is 4.26. The van der Waals surface area contributed by atoms with E-state index < -0.39 is 0 Å². The molecule has 2 aliphatic rings. The van der Waals surface area contributed by atoms with Gasteiger partial charge >= 0.3 is 0 Å². The maximum atomic E-state index is 11.8. The van der Waals surface area contributed by atoms with E-state index in [0.717, 1.165) is 12.1 Å². The minimum atomic E-state index is 0.0542. The lowest BCUT2D eigenvalue weighted by atomic mass is 9.69. The number of carbonyl (C=O) groups is 1. The average molecular weight is 248 g/mol.